The van der Waals surface area contributed by atoms with Gasteiger partial charge in [-0.1, -0.05) is 161 Å². The summed E-state index contributed by atoms with van der Waals surface area (Å²) in [5.74, 6) is -0.216. The molecule has 0 aliphatic carbocycles. The first-order chi connectivity index (χ1) is 28.8. The minimum atomic E-state index is -1.57. The molecular formula is C50H79NO8. The molecule has 1 heterocycles. The van der Waals surface area contributed by atoms with E-state index in [9.17, 15) is 30.3 Å². The van der Waals surface area contributed by atoms with Gasteiger partial charge in [0.1, 0.15) is 24.4 Å². The first-order valence-corrected chi connectivity index (χ1v) is 22.3. The van der Waals surface area contributed by atoms with Crippen LogP contribution < -0.4 is 5.32 Å². The zero-order valence-corrected chi connectivity index (χ0v) is 36.2. The van der Waals surface area contributed by atoms with Gasteiger partial charge in [-0.15, -0.1) is 0 Å². The summed E-state index contributed by atoms with van der Waals surface area (Å²) in [6.07, 6.45) is 52.0. The van der Waals surface area contributed by atoms with E-state index in [4.69, 9.17) is 9.47 Å². The van der Waals surface area contributed by atoms with Gasteiger partial charge in [-0.05, 0) is 83.5 Å². The Labute approximate surface area is 357 Å². The normalized spacial score (nSPS) is 21.9. The fourth-order valence-electron chi connectivity index (χ4n) is 5.98. The number of amides is 1. The van der Waals surface area contributed by atoms with Crippen molar-refractivity contribution in [2.45, 2.75) is 172 Å². The molecule has 1 rings (SSSR count). The summed E-state index contributed by atoms with van der Waals surface area (Å²) in [5, 5.41) is 53.3. The molecule has 1 amide bonds. The van der Waals surface area contributed by atoms with Crippen molar-refractivity contribution in [1.29, 1.82) is 0 Å². The molecule has 0 aromatic heterocycles. The molecule has 0 radical (unpaired) electrons. The number of carbonyl (C=O) groups excluding carboxylic acids is 1. The quantitative estimate of drug-likeness (QED) is 0.0278. The third-order valence-electron chi connectivity index (χ3n) is 9.52. The number of allylic oxidation sites excluding steroid dienone is 19. The van der Waals surface area contributed by atoms with Gasteiger partial charge < -0.3 is 40.3 Å². The molecule has 0 aromatic carbocycles. The fraction of sp³-hybridized carbons (Fsp3) is 0.580. The molecule has 1 aliphatic rings. The number of aliphatic hydroxyl groups is 5. The van der Waals surface area contributed by atoms with Gasteiger partial charge in [-0.3, -0.25) is 4.79 Å². The highest BCUT2D eigenvalue weighted by Gasteiger charge is 2.44. The number of nitrogens with one attached hydrogen (secondary N) is 1. The second-order valence-corrected chi connectivity index (χ2v) is 14.8. The first kappa shape index (κ1) is 53.6. The van der Waals surface area contributed by atoms with Crippen LogP contribution in [0.5, 0.6) is 0 Å². The van der Waals surface area contributed by atoms with Crippen molar-refractivity contribution in [3.8, 4) is 0 Å². The van der Waals surface area contributed by atoms with Gasteiger partial charge in [0.25, 0.3) is 0 Å². The Kier molecular flexibility index (Phi) is 35.2. The largest absolute Gasteiger partial charge is 0.394 e. The highest BCUT2D eigenvalue weighted by molar-refractivity contribution is 5.76. The number of hydrogen-bond donors (Lipinski definition) is 6. The maximum Gasteiger partial charge on any atom is 0.220 e. The Morgan fingerprint density at radius 3 is 1.53 bits per heavy atom. The van der Waals surface area contributed by atoms with Gasteiger partial charge >= 0.3 is 0 Å². The third-order valence-corrected chi connectivity index (χ3v) is 9.52. The number of ether oxygens (including phenoxy) is 2. The smallest absolute Gasteiger partial charge is 0.220 e. The van der Waals surface area contributed by atoms with Crippen LogP contribution in [0.15, 0.2) is 122 Å². The summed E-state index contributed by atoms with van der Waals surface area (Å²) in [6, 6.07) is -0.819. The van der Waals surface area contributed by atoms with Crippen LogP contribution in [0.3, 0.4) is 0 Å². The summed E-state index contributed by atoms with van der Waals surface area (Å²) in [7, 11) is 0. The lowest BCUT2D eigenvalue weighted by molar-refractivity contribution is -0.302. The zero-order valence-electron chi connectivity index (χ0n) is 36.2. The predicted octanol–water partition coefficient (Wildman–Crippen LogP) is 9.27. The average Bonchev–Trinajstić information content (AvgIpc) is 3.23. The molecule has 9 heteroatoms. The standard InChI is InChI=1S/C50H79NO8/c1-3-5-7-8-9-10-11-12-13-14-15-16-17-18-19-20-21-22-23-24-25-26-27-28-29-30-31-32-33-34-35-36-38-40-46(54)51-43(44(53)39-37-6-4-2)42-58-50-49(57)48(56)47(55)45(41-52)59-50/h5,7,9-10,12-13,15-16,18-19,21-22,24-25,27-28,30-31,37,39,43-45,47-50,52-53,55-57H,3-4,6,8,11,14,17,20,23,26,29,32-36,38,40-42H2,1-2H3,(H,51,54)/b7-5-,10-9-,13-12-,16-15-,19-18-,22-21-,25-24-,28-27-,31-30-,39-37+. The zero-order chi connectivity index (χ0) is 43.0. The van der Waals surface area contributed by atoms with Gasteiger partial charge in [-0.25, -0.2) is 0 Å². The molecule has 332 valence electrons. The van der Waals surface area contributed by atoms with Gasteiger partial charge in [-0.2, -0.15) is 0 Å². The second kappa shape index (κ2) is 38.8. The fourth-order valence-corrected chi connectivity index (χ4v) is 5.98. The van der Waals surface area contributed by atoms with E-state index in [1.54, 1.807) is 6.08 Å². The Bertz CT molecular complexity index is 1320. The van der Waals surface area contributed by atoms with E-state index in [0.29, 0.717) is 6.42 Å². The molecule has 6 N–H and O–H groups in total. The van der Waals surface area contributed by atoms with Crippen LogP contribution in [-0.4, -0.2) is 87.5 Å². The molecule has 1 fully saturated rings. The van der Waals surface area contributed by atoms with Crippen molar-refractivity contribution < 1.29 is 39.8 Å². The number of hydrogen-bond acceptors (Lipinski definition) is 8. The summed E-state index contributed by atoms with van der Waals surface area (Å²) in [4.78, 5) is 12.8. The predicted molar refractivity (Wildman–Crippen MR) is 244 cm³/mol. The number of aliphatic hydroxyl groups excluding tert-OH is 5. The van der Waals surface area contributed by atoms with Crippen LogP contribution in [0.1, 0.15) is 129 Å². The van der Waals surface area contributed by atoms with E-state index in [-0.39, 0.29) is 12.5 Å². The number of rotatable bonds is 34. The highest BCUT2D eigenvalue weighted by atomic mass is 16.7. The van der Waals surface area contributed by atoms with Crippen molar-refractivity contribution in [2.75, 3.05) is 13.2 Å². The van der Waals surface area contributed by atoms with Gasteiger partial charge in [0.15, 0.2) is 6.29 Å². The Morgan fingerprint density at radius 1 is 0.593 bits per heavy atom. The lowest BCUT2D eigenvalue weighted by Gasteiger charge is -2.40. The first-order valence-electron chi connectivity index (χ1n) is 22.3. The molecule has 1 aliphatic heterocycles. The average molecular weight is 822 g/mol. The Balaban J connectivity index is 2.12. The minimum absolute atomic E-state index is 0.210. The third kappa shape index (κ3) is 29.5. The lowest BCUT2D eigenvalue weighted by Crippen LogP contribution is -2.60. The number of unbranched alkanes of at least 4 members (excludes halogenated alkanes) is 6. The molecule has 9 nitrogen and oxygen atoms in total. The number of carbonyl (C=O) groups is 1. The van der Waals surface area contributed by atoms with E-state index in [0.717, 1.165) is 109 Å². The van der Waals surface area contributed by atoms with Crippen molar-refractivity contribution in [2.24, 2.45) is 0 Å². The molecule has 0 aromatic rings. The summed E-state index contributed by atoms with van der Waals surface area (Å²) < 4.78 is 11.0. The molecule has 0 saturated carbocycles. The van der Waals surface area contributed by atoms with Gasteiger partial charge in [0.05, 0.1) is 25.4 Å². The minimum Gasteiger partial charge on any atom is -0.394 e. The van der Waals surface area contributed by atoms with Crippen LogP contribution >= 0.6 is 0 Å². The van der Waals surface area contributed by atoms with Crippen molar-refractivity contribution in [3.63, 3.8) is 0 Å². The van der Waals surface area contributed by atoms with E-state index >= 15 is 0 Å². The molecule has 1 saturated heterocycles. The summed E-state index contributed by atoms with van der Waals surface area (Å²) in [6.45, 7) is 3.39. The van der Waals surface area contributed by atoms with Crippen LogP contribution in [0.25, 0.3) is 0 Å². The van der Waals surface area contributed by atoms with Gasteiger partial charge in [0, 0.05) is 6.42 Å². The monoisotopic (exact) mass is 822 g/mol. The molecule has 0 bridgehead atoms. The molecule has 7 atom stereocenters. The Morgan fingerprint density at radius 2 is 1.05 bits per heavy atom. The van der Waals surface area contributed by atoms with Crippen molar-refractivity contribution >= 4 is 5.91 Å². The van der Waals surface area contributed by atoms with Crippen LogP contribution in [0.2, 0.25) is 0 Å². The molecule has 59 heavy (non-hydrogen) atoms. The van der Waals surface area contributed by atoms with E-state index in [1.807, 2.05) is 13.0 Å². The topological polar surface area (TPSA) is 149 Å². The Hall–Kier alpha value is -3.41. The van der Waals surface area contributed by atoms with Crippen LogP contribution in [0.4, 0.5) is 0 Å². The second-order valence-electron chi connectivity index (χ2n) is 14.8. The van der Waals surface area contributed by atoms with E-state index in [2.05, 4.69) is 122 Å². The maximum absolute atomic E-state index is 12.8. The highest BCUT2D eigenvalue weighted by Crippen LogP contribution is 2.22. The van der Waals surface area contributed by atoms with Gasteiger partial charge in [0.2, 0.25) is 5.91 Å². The molecular weight excluding hydrogens is 743 g/mol. The van der Waals surface area contributed by atoms with Crippen molar-refractivity contribution in [1.82, 2.24) is 5.32 Å². The summed E-state index contributed by atoms with van der Waals surface area (Å²) in [5.41, 5.74) is 0. The maximum atomic E-state index is 12.8. The SMILES string of the molecule is CC/C=C\C/C=C\C/C=C\C/C=C\C/C=C\C/C=C\C/C=C\C/C=C\C/C=C\CCCCCCCC(=O)NC(COC1OC(CO)C(O)C(O)C1O)C(O)/C=C/CCC. The molecule has 7 unspecified atom stereocenters. The van der Waals surface area contributed by atoms with E-state index < -0.39 is 49.5 Å². The van der Waals surface area contributed by atoms with Crippen LogP contribution in [-0.2, 0) is 14.3 Å². The summed E-state index contributed by atoms with van der Waals surface area (Å²) >= 11 is 0. The lowest BCUT2D eigenvalue weighted by atomic mass is 9.99. The van der Waals surface area contributed by atoms with Crippen molar-refractivity contribution in [3.05, 3.63) is 122 Å². The molecule has 0 spiro atoms. The van der Waals surface area contributed by atoms with Crippen LogP contribution in [0, 0.1) is 0 Å². The van der Waals surface area contributed by atoms with E-state index in [1.165, 1.54) is 0 Å².